The summed E-state index contributed by atoms with van der Waals surface area (Å²) in [7, 11) is -3.01. The molecule has 6 heteroatoms. The molecule has 0 radical (unpaired) electrons. The summed E-state index contributed by atoms with van der Waals surface area (Å²) in [6.07, 6.45) is 2.38. The Kier molecular flexibility index (Phi) is 5.22. The summed E-state index contributed by atoms with van der Waals surface area (Å²) in [5.41, 5.74) is 1.53. The summed E-state index contributed by atoms with van der Waals surface area (Å²) in [6, 6.07) is 7.21. The van der Waals surface area contributed by atoms with Gasteiger partial charge in [0.25, 0.3) is 5.91 Å². The molecular formula is C15H22N2O3S. The zero-order chi connectivity index (χ0) is 15.3. The molecule has 1 heterocycles. The Hall–Kier alpha value is -1.56. The zero-order valence-corrected chi connectivity index (χ0v) is 13.1. The fraction of sp³-hybridized carbons (Fsp3) is 0.533. The van der Waals surface area contributed by atoms with Crippen LogP contribution >= 0.6 is 0 Å². The summed E-state index contributed by atoms with van der Waals surface area (Å²) in [5, 5.41) is 5.53. The van der Waals surface area contributed by atoms with E-state index in [1.54, 1.807) is 12.1 Å². The van der Waals surface area contributed by atoms with Crippen LogP contribution in [0.25, 0.3) is 0 Å². The van der Waals surface area contributed by atoms with Crippen LogP contribution in [-0.2, 0) is 9.84 Å². The molecule has 1 fully saturated rings. The van der Waals surface area contributed by atoms with Crippen molar-refractivity contribution in [2.45, 2.75) is 31.4 Å². The van der Waals surface area contributed by atoms with Gasteiger partial charge in [-0.05, 0) is 43.5 Å². The van der Waals surface area contributed by atoms with Gasteiger partial charge in [-0.15, -0.1) is 0 Å². The van der Waals surface area contributed by atoms with Crippen LogP contribution in [0, 0.1) is 0 Å². The van der Waals surface area contributed by atoms with Crippen molar-refractivity contribution in [1.82, 2.24) is 5.32 Å². The van der Waals surface area contributed by atoms with Gasteiger partial charge in [0.2, 0.25) is 0 Å². The number of hydrogen-bond acceptors (Lipinski definition) is 4. The molecule has 0 saturated carbocycles. The van der Waals surface area contributed by atoms with Crippen molar-refractivity contribution in [2.75, 3.05) is 24.2 Å². The minimum absolute atomic E-state index is 0.205. The number of hydrogen-bond donors (Lipinski definition) is 2. The Morgan fingerprint density at radius 2 is 2.00 bits per heavy atom. The van der Waals surface area contributed by atoms with E-state index in [-0.39, 0.29) is 18.2 Å². The molecule has 1 atom stereocenters. The second kappa shape index (κ2) is 6.93. The third-order valence-electron chi connectivity index (χ3n) is 3.68. The van der Waals surface area contributed by atoms with Gasteiger partial charge in [0.15, 0.2) is 9.84 Å². The van der Waals surface area contributed by atoms with Crippen molar-refractivity contribution in [1.29, 1.82) is 0 Å². The molecule has 0 aromatic heterocycles. The van der Waals surface area contributed by atoms with Crippen molar-refractivity contribution in [3.8, 4) is 0 Å². The van der Waals surface area contributed by atoms with E-state index in [2.05, 4.69) is 17.6 Å². The summed E-state index contributed by atoms with van der Waals surface area (Å²) in [5.74, 6) is 0.0184. The number of benzene rings is 1. The molecule has 116 valence electrons. The van der Waals surface area contributed by atoms with Gasteiger partial charge >= 0.3 is 0 Å². The topological polar surface area (TPSA) is 75.3 Å². The van der Waals surface area contributed by atoms with Gasteiger partial charge in [0, 0.05) is 24.3 Å². The van der Waals surface area contributed by atoms with E-state index >= 15 is 0 Å². The maximum absolute atomic E-state index is 12.0. The second-order valence-electron chi connectivity index (χ2n) is 5.35. The molecule has 1 aliphatic heterocycles. The number of carbonyl (C=O) groups excluding carboxylic acids is 1. The van der Waals surface area contributed by atoms with Crippen LogP contribution < -0.4 is 10.6 Å². The van der Waals surface area contributed by atoms with Crippen molar-refractivity contribution < 1.29 is 13.2 Å². The minimum Gasteiger partial charge on any atom is -0.385 e. The number of sulfone groups is 1. The maximum Gasteiger partial charge on any atom is 0.251 e. The van der Waals surface area contributed by atoms with Crippen LogP contribution in [0.15, 0.2) is 24.3 Å². The largest absolute Gasteiger partial charge is 0.385 e. The molecule has 1 unspecified atom stereocenters. The van der Waals surface area contributed by atoms with Crippen molar-refractivity contribution in [2.24, 2.45) is 0 Å². The lowest BCUT2D eigenvalue weighted by molar-refractivity contribution is 0.0953. The molecular weight excluding hydrogens is 288 g/mol. The summed E-state index contributed by atoms with van der Waals surface area (Å²) < 4.78 is 23.4. The SMILES string of the molecule is CCCNc1ccc(C(=O)NCC2CCCS2(=O)=O)cc1. The van der Waals surface area contributed by atoms with Crippen LogP contribution in [0.1, 0.15) is 36.5 Å². The van der Waals surface area contributed by atoms with Crippen molar-refractivity contribution >= 4 is 21.4 Å². The number of carbonyl (C=O) groups is 1. The Balaban J connectivity index is 1.88. The molecule has 1 saturated heterocycles. The maximum atomic E-state index is 12.0. The number of anilines is 1. The number of rotatable bonds is 6. The van der Waals surface area contributed by atoms with Gasteiger partial charge in [-0.2, -0.15) is 0 Å². The first-order valence-electron chi connectivity index (χ1n) is 7.36. The van der Waals surface area contributed by atoms with E-state index in [1.165, 1.54) is 0 Å². The second-order valence-corrected chi connectivity index (χ2v) is 7.75. The van der Waals surface area contributed by atoms with E-state index in [1.807, 2.05) is 12.1 Å². The lowest BCUT2D eigenvalue weighted by Crippen LogP contribution is -2.34. The fourth-order valence-corrected chi connectivity index (χ4v) is 4.17. The molecule has 1 aromatic carbocycles. The molecule has 2 N–H and O–H groups in total. The molecule has 1 aromatic rings. The quantitative estimate of drug-likeness (QED) is 0.840. The standard InChI is InChI=1S/C15H22N2O3S/c1-2-9-16-13-7-5-12(6-8-13)15(18)17-11-14-4-3-10-21(14,19)20/h5-8,14,16H,2-4,9-11H2,1H3,(H,17,18). The summed E-state index contributed by atoms with van der Waals surface area (Å²) >= 11 is 0. The molecule has 5 nitrogen and oxygen atoms in total. The van der Waals surface area contributed by atoms with E-state index in [4.69, 9.17) is 0 Å². The molecule has 1 amide bonds. The van der Waals surface area contributed by atoms with Gasteiger partial charge < -0.3 is 10.6 Å². The molecule has 2 rings (SSSR count). The van der Waals surface area contributed by atoms with Gasteiger partial charge in [-0.25, -0.2) is 8.42 Å². The van der Waals surface area contributed by atoms with Gasteiger partial charge in [0.1, 0.15) is 0 Å². The number of amides is 1. The smallest absolute Gasteiger partial charge is 0.251 e. The van der Waals surface area contributed by atoms with E-state index in [0.717, 1.165) is 18.7 Å². The van der Waals surface area contributed by atoms with Gasteiger partial charge in [-0.3, -0.25) is 4.79 Å². The third kappa shape index (κ3) is 4.20. The van der Waals surface area contributed by atoms with E-state index < -0.39 is 15.1 Å². The Morgan fingerprint density at radius 1 is 1.29 bits per heavy atom. The van der Waals surface area contributed by atoms with Crippen molar-refractivity contribution in [3.05, 3.63) is 29.8 Å². The van der Waals surface area contributed by atoms with E-state index in [0.29, 0.717) is 18.4 Å². The molecule has 0 bridgehead atoms. The van der Waals surface area contributed by atoms with Crippen LogP contribution in [0.2, 0.25) is 0 Å². The first kappa shape index (κ1) is 15.8. The highest BCUT2D eigenvalue weighted by Crippen LogP contribution is 2.19. The van der Waals surface area contributed by atoms with Crippen LogP contribution in [0.5, 0.6) is 0 Å². The zero-order valence-electron chi connectivity index (χ0n) is 12.3. The average molecular weight is 310 g/mol. The molecule has 21 heavy (non-hydrogen) atoms. The molecule has 1 aliphatic rings. The summed E-state index contributed by atoms with van der Waals surface area (Å²) in [6.45, 7) is 3.19. The Labute approximate surface area is 126 Å². The summed E-state index contributed by atoms with van der Waals surface area (Å²) in [4.78, 5) is 12.0. The van der Waals surface area contributed by atoms with E-state index in [9.17, 15) is 13.2 Å². The minimum atomic E-state index is -3.01. The molecule has 0 aliphatic carbocycles. The third-order valence-corrected chi connectivity index (χ3v) is 5.96. The van der Waals surface area contributed by atoms with Crippen LogP contribution in [-0.4, -0.2) is 38.4 Å². The first-order valence-corrected chi connectivity index (χ1v) is 9.08. The monoisotopic (exact) mass is 310 g/mol. The van der Waals surface area contributed by atoms with Crippen LogP contribution in [0.3, 0.4) is 0 Å². The fourth-order valence-electron chi connectivity index (χ4n) is 2.40. The number of nitrogens with one attached hydrogen (secondary N) is 2. The highest BCUT2D eigenvalue weighted by atomic mass is 32.2. The van der Waals surface area contributed by atoms with Gasteiger partial charge in [0.05, 0.1) is 11.0 Å². The van der Waals surface area contributed by atoms with Crippen LogP contribution in [0.4, 0.5) is 5.69 Å². The predicted octanol–water partition coefficient (Wildman–Crippen LogP) is 1.82. The lowest BCUT2D eigenvalue weighted by atomic mass is 10.2. The first-order chi connectivity index (χ1) is 10.0. The Morgan fingerprint density at radius 3 is 2.57 bits per heavy atom. The normalized spacial score (nSPS) is 20.1. The Bertz CT molecular complexity index is 581. The predicted molar refractivity (Wildman–Crippen MR) is 84.4 cm³/mol. The highest BCUT2D eigenvalue weighted by Gasteiger charge is 2.31. The highest BCUT2D eigenvalue weighted by molar-refractivity contribution is 7.92. The lowest BCUT2D eigenvalue weighted by Gasteiger charge is -2.11. The average Bonchev–Trinajstić information content (AvgIpc) is 2.82. The van der Waals surface area contributed by atoms with Gasteiger partial charge in [-0.1, -0.05) is 6.92 Å². The van der Waals surface area contributed by atoms with Crippen molar-refractivity contribution in [3.63, 3.8) is 0 Å². The molecule has 0 spiro atoms.